The Hall–Kier alpha value is -2.56. The number of benzene rings is 1. The summed E-state index contributed by atoms with van der Waals surface area (Å²) in [6, 6.07) is 8.31. The number of amides is 2. The van der Waals surface area contributed by atoms with Crippen LogP contribution in [0.5, 0.6) is 0 Å². The zero-order chi connectivity index (χ0) is 25.9. The summed E-state index contributed by atoms with van der Waals surface area (Å²) >= 11 is 3.45. The third-order valence-electron chi connectivity index (χ3n) is 6.22. The van der Waals surface area contributed by atoms with Crippen LogP contribution in [0.3, 0.4) is 0 Å². The van der Waals surface area contributed by atoms with E-state index in [-0.39, 0.29) is 17.7 Å². The van der Waals surface area contributed by atoms with E-state index < -0.39 is 29.6 Å². The molecule has 1 fully saturated rings. The van der Waals surface area contributed by atoms with Crippen molar-refractivity contribution in [2.24, 2.45) is 10.9 Å². The Kier molecular flexibility index (Phi) is 8.50. The predicted molar refractivity (Wildman–Crippen MR) is 136 cm³/mol. The molecule has 10 heteroatoms. The fourth-order valence-corrected chi connectivity index (χ4v) is 4.29. The summed E-state index contributed by atoms with van der Waals surface area (Å²) in [5.74, 6) is -1.63. The molecule has 1 saturated heterocycles. The minimum atomic E-state index is -1.20. The van der Waals surface area contributed by atoms with Gasteiger partial charge in [0.1, 0.15) is 12.1 Å². The number of hydrogen-bond donors (Lipinski definition) is 3. The Balaban J connectivity index is 1.71. The zero-order valence-electron chi connectivity index (χ0n) is 20.7. The SMILES string of the molecule is CC(NC(=O)C(O)C(C)C)C(=O)N1CCCC(C)(C([O-])=NC(C)c2ccc3ccc(Br)cc3n2)N1. The Morgan fingerprint density at radius 2 is 1.94 bits per heavy atom. The third kappa shape index (κ3) is 6.36. The second kappa shape index (κ2) is 11.0. The summed E-state index contributed by atoms with van der Waals surface area (Å²) in [4.78, 5) is 34.1. The Morgan fingerprint density at radius 3 is 2.63 bits per heavy atom. The van der Waals surface area contributed by atoms with E-state index in [1.165, 1.54) is 5.01 Å². The summed E-state index contributed by atoms with van der Waals surface area (Å²) in [5.41, 5.74) is 3.45. The van der Waals surface area contributed by atoms with Crippen LogP contribution in [0.4, 0.5) is 0 Å². The zero-order valence-corrected chi connectivity index (χ0v) is 22.3. The number of hydrazine groups is 1. The number of pyridine rings is 1. The number of aliphatic hydroxyl groups excluding tert-OH is 1. The average Bonchev–Trinajstić information content (AvgIpc) is 2.82. The van der Waals surface area contributed by atoms with Crippen molar-refractivity contribution < 1.29 is 19.8 Å². The van der Waals surface area contributed by atoms with E-state index >= 15 is 0 Å². The Morgan fingerprint density at radius 1 is 1.26 bits per heavy atom. The molecular formula is C25H33BrN5O4-. The van der Waals surface area contributed by atoms with Crippen LogP contribution in [0, 0.1) is 5.92 Å². The van der Waals surface area contributed by atoms with Gasteiger partial charge in [-0.25, -0.2) is 5.43 Å². The van der Waals surface area contributed by atoms with Gasteiger partial charge in [-0.1, -0.05) is 41.9 Å². The Labute approximate surface area is 214 Å². The van der Waals surface area contributed by atoms with E-state index in [0.717, 1.165) is 15.4 Å². The van der Waals surface area contributed by atoms with Gasteiger partial charge in [-0.15, -0.1) is 0 Å². The number of hydrogen-bond acceptors (Lipinski definition) is 7. The van der Waals surface area contributed by atoms with E-state index in [4.69, 9.17) is 0 Å². The summed E-state index contributed by atoms with van der Waals surface area (Å²) in [7, 11) is 0. The van der Waals surface area contributed by atoms with Crippen LogP contribution in [0.1, 0.15) is 59.2 Å². The summed E-state index contributed by atoms with van der Waals surface area (Å²) in [5, 5.41) is 28.0. The van der Waals surface area contributed by atoms with E-state index in [2.05, 4.69) is 36.6 Å². The molecule has 0 saturated carbocycles. The van der Waals surface area contributed by atoms with Gasteiger partial charge >= 0.3 is 0 Å². The molecular weight excluding hydrogens is 514 g/mol. The van der Waals surface area contributed by atoms with Crippen LogP contribution in [-0.2, 0) is 9.59 Å². The number of nitrogens with one attached hydrogen (secondary N) is 2. The van der Waals surface area contributed by atoms with Gasteiger partial charge in [-0.3, -0.25) is 24.6 Å². The van der Waals surface area contributed by atoms with Gasteiger partial charge in [-0.2, -0.15) is 0 Å². The first-order chi connectivity index (χ1) is 16.4. The summed E-state index contributed by atoms with van der Waals surface area (Å²) in [6.45, 7) is 8.93. The number of carbonyl (C=O) groups excluding carboxylic acids is 2. The van der Waals surface area contributed by atoms with E-state index in [1.54, 1.807) is 27.7 Å². The maximum Gasteiger partial charge on any atom is 0.258 e. The molecule has 4 atom stereocenters. The molecule has 2 aromatic rings. The molecule has 35 heavy (non-hydrogen) atoms. The molecule has 2 amide bonds. The normalized spacial score (nSPS) is 21.6. The van der Waals surface area contributed by atoms with E-state index in [9.17, 15) is 19.8 Å². The number of aliphatic hydroxyl groups is 1. The molecule has 0 bridgehead atoms. The largest absolute Gasteiger partial charge is 0.861 e. The highest BCUT2D eigenvalue weighted by Gasteiger charge is 2.35. The van der Waals surface area contributed by atoms with E-state index in [1.807, 2.05) is 37.3 Å². The highest BCUT2D eigenvalue weighted by molar-refractivity contribution is 9.10. The van der Waals surface area contributed by atoms with Crippen molar-refractivity contribution in [2.45, 2.75) is 71.2 Å². The predicted octanol–water partition coefficient (Wildman–Crippen LogP) is 2.22. The first-order valence-electron chi connectivity index (χ1n) is 11.8. The fraction of sp³-hybridized carbons (Fsp3) is 0.520. The van der Waals surface area contributed by atoms with Crippen molar-refractivity contribution in [3.63, 3.8) is 0 Å². The van der Waals surface area contributed by atoms with Gasteiger partial charge in [0.2, 0.25) is 5.91 Å². The van der Waals surface area contributed by atoms with Gasteiger partial charge in [0, 0.05) is 16.4 Å². The Bertz CT molecular complexity index is 1120. The summed E-state index contributed by atoms with van der Waals surface area (Å²) < 4.78 is 0.920. The van der Waals surface area contributed by atoms with Gasteiger partial charge in [0.15, 0.2) is 0 Å². The van der Waals surface area contributed by atoms with Crippen LogP contribution < -0.4 is 15.8 Å². The average molecular weight is 547 g/mol. The fourth-order valence-electron chi connectivity index (χ4n) is 3.94. The molecule has 2 heterocycles. The van der Waals surface area contributed by atoms with Crippen LogP contribution >= 0.6 is 15.9 Å². The molecule has 0 spiro atoms. The lowest BCUT2D eigenvalue weighted by Crippen LogP contribution is -2.67. The van der Waals surface area contributed by atoms with Crippen LogP contribution in [0.2, 0.25) is 0 Å². The molecule has 190 valence electrons. The molecule has 0 aliphatic carbocycles. The van der Waals surface area contributed by atoms with Gasteiger partial charge in [0.05, 0.1) is 22.8 Å². The lowest BCUT2D eigenvalue weighted by atomic mass is 9.93. The standard InChI is InChI=1S/C25H34BrN5O4/c1-14(2)21(32)22(33)27-16(4)23(34)31-12-6-11-25(5,30-31)24(35)28-15(3)19-10-8-17-7-9-18(26)13-20(17)29-19/h7-10,13-16,21,30,32H,6,11-12H2,1-5H3,(H,27,33)(H,28,35)/p-1. The quantitative estimate of drug-likeness (QED) is 0.360. The molecule has 0 radical (unpaired) electrons. The topological polar surface area (TPSA) is 130 Å². The molecule has 1 aromatic heterocycles. The van der Waals surface area contributed by atoms with Gasteiger partial charge in [0.25, 0.3) is 5.91 Å². The number of nitrogens with zero attached hydrogens (tertiary/aromatic N) is 3. The monoisotopic (exact) mass is 546 g/mol. The van der Waals surface area contributed by atoms with Crippen molar-refractivity contribution in [3.8, 4) is 0 Å². The molecule has 1 aliphatic heterocycles. The summed E-state index contributed by atoms with van der Waals surface area (Å²) in [6.07, 6.45) is -0.0874. The van der Waals surface area contributed by atoms with Crippen LogP contribution in [0.15, 0.2) is 39.8 Å². The number of aromatic nitrogens is 1. The number of carbonyl (C=O) groups is 2. The highest BCUT2D eigenvalue weighted by Crippen LogP contribution is 2.25. The van der Waals surface area contributed by atoms with Gasteiger partial charge in [-0.05, 0) is 63.6 Å². The van der Waals surface area contributed by atoms with Gasteiger partial charge < -0.3 is 15.5 Å². The van der Waals surface area contributed by atoms with Crippen molar-refractivity contribution in [1.82, 2.24) is 20.7 Å². The number of rotatable bonds is 7. The van der Waals surface area contributed by atoms with Crippen molar-refractivity contribution in [3.05, 3.63) is 40.5 Å². The second-order valence-electron chi connectivity index (χ2n) is 9.64. The van der Waals surface area contributed by atoms with Crippen LogP contribution in [-0.4, -0.2) is 57.0 Å². The van der Waals surface area contributed by atoms with Crippen LogP contribution in [0.25, 0.3) is 10.9 Å². The smallest absolute Gasteiger partial charge is 0.258 e. The maximum atomic E-state index is 13.2. The minimum absolute atomic E-state index is 0.270. The molecule has 3 N–H and O–H groups in total. The lowest BCUT2D eigenvalue weighted by Gasteiger charge is -2.45. The maximum absolute atomic E-state index is 13.2. The number of aliphatic imine (C=N–C) groups is 1. The second-order valence-corrected chi connectivity index (χ2v) is 10.6. The minimum Gasteiger partial charge on any atom is -0.861 e. The number of fused-ring (bicyclic) bond motifs is 1. The third-order valence-corrected chi connectivity index (χ3v) is 6.72. The van der Waals surface area contributed by atoms with E-state index in [0.29, 0.717) is 25.1 Å². The molecule has 4 unspecified atom stereocenters. The van der Waals surface area contributed by atoms with Crippen molar-refractivity contribution >= 4 is 44.5 Å². The first kappa shape index (κ1) is 27.0. The molecule has 3 rings (SSSR count). The first-order valence-corrected chi connectivity index (χ1v) is 12.6. The van der Waals surface area contributed by atoms with Crippen molar-refractivity contribution in [1.29, 1.82) is 0 Å². The van der Waals surface area contributed by atoms with Crippen molar-refractivity contribution in [2.75, 3.05) is 6.54 Å². The number of halogens is 1. The highest BCUT2D eigenvalue weighted by atomic mass is 79.9. The molecule has 1 aromatic carbocycles. The lowest BCUT2D eigenvalue weighted by molar-refractivity contribution is -0.230. The molecule has 9 nitrogen and oxygen atoms in total. The molecule has 1 aliphatic rings.